The number of sulfonamides is 1. The lowest BCUT2D eigenvalue weighted by molar-refractivity contribution is 0.505. The first kappa shape index (κ1) is 15.0. The Morgan fingerprint density at radius 1 is 1.37 bits per heavy atom. The average Bonchev–Trinajstić information content (AvgIpc) is 2.62. The molecule has 2 rings (SSSR count). The lowest BCUT2D eigenvalue weighted by Crippen LogP contribution is -2.40. The van der Waals surface area contributed by atoms with Crippen LogP contribution in [0.2, 0.25) is 0 Å². The standard InChI is InChI=1S/C10H14BNO4S3/c1-7-9(6-10(11)17-7)19(15,16)12-8-2-4-18(13,14)5-3-8/h6,8,12H,2-5H2,1H3. The Hall–Kier alpha value is -0.375. The number of sulfone groups is 1. The van der Waals surface area contributed by atoms with Crippen molar-refractivity contribution < 1.29 is 16.8 Å². The van der Waals surface area contributed by atoms with Gasteiger partial charge in [0.05, 0.1) is 16.4 Å². The van der Waals surface area contributed by atoms with E-state index in [0.717, 1.165) is 0 Å². The number of hydrogen-bond acceptors (Lipinski definition) is 5. The lowest BCUT2D eigenvalue weighted by Gasteiger charge is -2.22. The van der Waals surface area contributed by atoms with Gasteiger partial charge in [-0.2, -0.15) is 11.3 Å². The highest BCUT2D eigenvalue weighted by atomic mass is 32.2. The maximum Gasteiger partial charge on any atom is 0.241 e. The van der Waals surface area contributed by atoms with Gasteiger partial charge in [-0.1, -0.05) is 0 Å². The molecule has 5 nitrogen and oxygen atoms in total. The van der Waals surface area contributed by atoms with Crippen LogP contribution in [0.25, 0.3) is 0 Å². The zero-order valence-electron chi connectivity index (χ0n) is 10.4. The van der Waals surface area contributed by atoms with E-state index in [-0.39, 0.29) is 22.4 Å². The highest BCUT2D eigenvalue weighted by Gasteiger charge is 2.28. The molecule has 0 atom stereocenters. The average molecular weight is 319 g/mol. The van der Waals surface area contributed by atoms with E-state index in [1.54, 1.807) is 6.92 Å². The maximum atomic E-state index is 12.2. The van der Waals surface area contributed by atoms with Crippen molar-refractivity contribution in [2.24, 2.45) is 0 Å². The summed E-state index contributed by atoms with van der Waals surface area (Å²) >= 11 is 1.22. The second-order valence-corrected chi connectivity index (χ2v) is 9.89. The molecule has 1 aromatic rings. The first-order chi connectivity index (χ1) is 8.70. The van der Waals surface area contributed by atoms with Gasteiger partial charge in [0.2, 0.25) is 10.0 Å². The Labute approximate surface area is 118 Å². The highest BCUT2D eigenvalue weighted by molar-refractivity contribution is 7.91. The zero-order valence-corrected chi connectivity index (χ0v) is 12.9. The van der Waals surface area contributed by atoms with Crippen molar-refractivity contribution in [1.82, 2.24) is 4.72 Å². The minimum absolute atomic E-state index is 0.0327. The lowest BCUT2D eigenvalue weighted by atomic mass is 10.1. The molecule has 104 valence electrons. The van der Waals surface area contributed by atoms with E-state index >= 15 is 0 Å². The van der Waals surface area contributed by atoms with E-state index in [9.17, 15) is 16.8 Å². The fourth-order valence-corrected chi connectivity index (χ4v) is 6.22. The van der Waals surface area contributed by atoms with E-state index in [0.29, 0.717) is 22.5 Å². The Balaban J connectivity index is 2.13. The van der Waals surface area contributed by atoms with Crippen LogP contribution in [0.5, 0.6) is 0 Å². The molecule has 1 saturated heterocycles. The summed E-state index contributed by atoms with van der Waals surface area (Å²) in [6, 6.07) is 1.11. The van der Waals surface area contributed by atoms with Gasteiger partial charge < -0.3 is 0 Å². The largest absolute Gasteiger partial charge is 0.241 e. The van der Waals surface area contributed by atoms with Crippen LogP contribution in [-0.4, -0.2) is 42.2 Å². The molecule has 0 bridgehead atoms. The number of rotatable bonds is 3. The van der Waals surface area contributed by atoms with Crippen molar-refractivity contribution >= 4 is 43.8 Å². The molecule has 0 aliphatic carbocycles. The Kier molecular flexibility index (Phi) is 4.11. The fraction of sp³-hybridized carbons (Fsp3) is 0.600. The number of nitrogens with one attached hydrogen (secondary N) is 1. The number of thiophene rings is 1. The minimum Gasteiger partial charge on any atom is -0.229 e. The molecule has 0 saturated carbocycles. The van der Waals surface area contributed by atoms with Crippen LogP contribution in [0.1, 0.15) is 17.7 Å². The molecule has 1 fully saturated rings. The summed E-state index contributed by atoms with van der Waals surface area (Å²) in [6.07, 6.45) is 0.639. The van der Waals surface area contributed by atoms with Gasteiger partial charge in [-0.15, -0.1) is 0 Å². The smallest absolute Gasteiger partial charge is 0.229 e. The van der Waals surface area contributed by atoms with Crippen LogP contribution < -0.4 is 9.50 Å². The molecule has 1 aliphatic heterocycles. The summed E-state index contributed by atoms with van der Waals surface area (Å²) in [5.74, 6) is 0.0654. The highest BCUT2D eigenvalue weighted by Crippen LogP contribution is 2.20. The first-order valence-electron chi connectivity index (χ1n) is 5.78. The normalized spacial score (nSPS) is 20.5. The van der Waals surface area contributed by atoms with Gasteiger partial charge in [0, 0.05) is 10.9 Å². The van der Waals surface area contributed by atoms with Crippen LogP contribution in [0.15, 0.2) is 11.0 Å². The molecule has 9 heteroatoms. The quantitative estimate of drug-likeness (QED) is 0.776. The van der Waals surface area contributed by atoms with Gasteiger partial charge in [0.15, 0.2) is 0 Å². The Morgan fingerprint density at radius 2 is 1.95 bits per heavy atom. The monoisotopic (exact) mass is 319 g/mol. The summed E-state index contributed by atoms with van der Waals surface area (Å²) in [7, 11) is -1.02. The van der Waals surface area contributed by atoms with Gasteiger partial charge in [-0.25, -0.2) is 21.6 Å². The molecule has 0 amide bonds. The van der Waals surface area contributed by atoms with Crippen molar-refractivity contribution in [3.8, 4) is 0 Å². The third-order valence-corrected chi connectivity index (χ3v) is 7.43. The summed E-state index contributed by atoms with van der Waals surface area (Å²) in [5, 5.41) is 0. The molecule has 0 unspecified atom stereocenters. The van der Waals surface area contributed by atoms with Gasteiger partial charge in [0.1, 0.15) is 17.7 Å². The molecule has 1 aromatic heterocycles. The van der Waals surface area contributed by atoms with Crippen molar-refractivity contribution in [2.75, 3.05) is 11.5 Å². The second kappa shape index (κ2) is 5.19. The molecule has 2 radical (unpaired) electrons. The second-order valence-electron chi connectivity index (χ2n) is 4.62. The molecule has 19 heavy (non-hydrogen) atoms. The van der Waals surface area contributed by atoms with Crippen molar-refractivity contribution in [2.45, 2.75) is 30.7 Å². The van der Waals surface area contributed by atoms with Gasteiger partial charge in [-0.3, -0.25) is 0 Å². The third-order valence-electron chi connectivity index (χ3n) is 3.06. The van der Waals surface area contributed by atoms with E-state index in [1.165, 1.54) is 17.4 Å². The Bertz CT molecular complexity index is 664. The number of hydrogen-bond donors (Lipinski definition) is 1. The SMILES string of the molecule is [B]c1cc(S(=O)(=O)NC2CCS(=O)(=O)CC2)c(C)s1. The summed E-state index contributed by atoms with van der Waals surface area (Å²) in [5.41, 5.74) is 0. The molecule has 1 aliphatic rings. The van der Waals surface area contributed by atoms with Crippen LogP contribution in [0, 0.1) is 6.92 Å². The molecule has 0 aromatic carbocycles. The Morgan fingerprint density at radius 3 is 2.42 bits per heavy atom. The fourth-order valence-electron chi connectivity index (χ4n) is 2.04. The zero-order chi connectivity index (χ0) is 14.3. The topological polar surface area (TPSA) is 80.3 Å². The molecular formula is C10H14BNO4S3. The van der Waals surface area contributed by atoms with E-state index in [4.69, 9.17) is 7.85 Å². The van der Waals surface area contributed by atoms with Gasteiger partial charge in [0.25, 0.3) is 0 Å². The molecule has 2 heterocycles. The third kappa shape index (κ3) is 3.59. The van der Waals surface area contributed by atoms with Crippen LogP contribution >= 0.6 is 11.3 Å². The summed E-state index contributed by atoms with van der Waals surface area (Å²) < 4.78 is 50.0. The molecule has 1 N–H and O–H groups in total. The van der Waals surface area contributed by atoms with Crippen molar-refractivity contribution in [1.29, 1.82) is 0 Å². The van der Waals surface area contributed by atoms with E-state index in [2.05, 4.69) is 4.72 Å². The van der Waals surface area contributed by atoms with Crippen LogP contribution in [0.4, 0.5) is 0 Å². The van der Waals surface area contributed by atoms with Crippen molar-refractivity contribution in [3.63, 3.8) is 0 Å². The predicted molar refractivity (Wildman–Crippen MR) is 76.4 cm³/mol. The van der Waals surface area contributed by atoms with Crippen molar-refractivity contribution in [3.05, 3.63) is 10.9 Å². The van der Waals surface area contributed by atoms with Gasteiger partial charge in [-0.05, 0) is 30.6 Å². The van der Waals surface area contributed by atoms with E-state index < -0.39 is 19.9 Å². The summed E-state index contributed by atoms with van der Waals surface area (Å²) in [6.45, 7) is 1.70. The number of aryl methyl sites for hydroxylation is 1. The van der Waals surface area contributed by atoms with Gasteiger partial charge >= 0.3 is 0 Å². The maximum absolute atomic E-state index is 12.2. The molecular weight excluding hydrogens is 305 g/mol. The first-order valence-corrected chi connectivity index (χ1v) is 9.90. The van der Waals surface area contributed by atoms with E-state index in [1.807, 2.05) is 0 Å². The van der Waals surface area contributed by atoms with Crippen LogP contribution in [-0.2, 0) is 19.9 Å². The van der Waals surface area contributed by atoms with Crippen LogP contribution in [0.3, 0.4) is 0 Å². The molecule has 0 spiro atoms. The summed E-state index contributed by atoms with van der Waals surface area (Å²) in [4.78, 5) is 0.817. The minimum atomic E-state index is -3.62. The predicted octanol–water partition coefficient (Wildman–Crippen LogP) is -0.294.